The number of amides is 2. The lowest BCUT2D eigenvalue weighted by Crippen LogP contribution is -2.38. The topological polar surface area (TPSA) is 61.8 Å². The first kappa shape index (κ1) is 17.3. The minimum atomic E-state index is -0.150. The molecule has 2 aromatic carbocycles. The number of aryl methyl sites for hydroxylation is 1. The van der Waals surface area contributed by atoms with Gasteiger partial charge in [0.1, 0.15) is 5.75 Å². The van der Waals surface area contributed by atoms with E-state index in [-0.39, 0.29) is 18.7 Å². The Morgan fingerprint density at radius 3 is 2.92 bits per heavy atom. The molecule has 0 bridgehead atoms. The minimum absolute atomic E-state index is 0.0494. The number of carbonyl (C=O) groups is 1. The van der Waals surface area contributed by atoms with Gasteiger partial charge < -0.3 is 20.1 Å². The van der Waals surface area contributed by atoms with Crippen LogP contribution in [-0.2, 0) is 6.42 Å². The molecule has 0 heterocycles. The van der Waals surface area contributed by atoms with E-state index in [0.29, 0.717) is 24.4 Å². The van der Waals surface area contributed by atoms with Crippen LogP contribution in [0.4, 0.5) is 10.5 Å². The van der Waals surface area contributed by atoms with Crippen LogP contribution in [0.5, 0.6) is 5.75 Å². The molecule has 1 aliphatic carbocycles. The van der Waals surface area contributed by atoms with Crippen molar-refractivity contribution in [1.29, 1.82) is 0 Å². The van der Waals surface area contributed by atoms with Gasteiger partial charge >= 0.3 is 6.03 Å². The van der Waals surface area contributed by atoms with Gasteiger partial charge in [-0.25, -0.2) is 4.79 Å². The van der Waals surface area contributed by atoms with Crippen molar-refractivity contribution >= 4 is 11.7 Å². The first-order valence-electron chi connectivity index (χ1n) is 8.63. The molecule has 2 amide bonds. The summed E-state index contributed by atoms with van der Waals surface area (Å²) in [5, 5.41) is 12.2. The zero-order chi connectivity index (χ0) is 17.6. The molecule has 1 aliphatic rings. The average molecular weight is 340 g/mol. The Morgan fingerprint density at radius 1 is 1.28 bits per heavy atom. The van der Waals surface area contributed by atoms with E-state index in [2.05, 4.69) is 17.4 Å². The van der Waals surface area contributed by atoms with Crippen molar-refractivity contribution in [1.82, 2.24) is 4.90 Å². The van der Waals surface area contributed by atoms with Gasteiger partial charge in [0.05, 0.1) is 13.2 Å². The van der Waals surface area contributed by atoms with Crippen LogP contribution in [0, 0.1) is 0 Å². The molecule has 25 heavy (non-hydrogen) atoms. The van der Waals surface area contributed by atoms with Gasteiger partial charge in [-0.1, -0.05) is 30.3 Å². The highest BCUT2D eigenvalue weighted by Crippen LogP contribution is 2.36. The molecule has 0 radical (unpaired) electrons. The maximum atomic E-state index is 12.9. The molecule has 5 heteroatoms. The first-order chi connectivity index (χ1) is 12.2. The second-order valence-electron chi connectivity index (χ2n) is 6.19. The van der Waals surface area contributed by atoms with Crippen molar-refractivity contribution in [3.63, 3.8) is 0 Å². The number of carbonyl (C=O) groups excluding carboxylic acids is 1. The van der Waals surface area contributed by atoms with Gasteiger partial charge in [0.2, 0.25) is 0 Å². The summed E-state index contributed by atoms with van der Waals surface area (Å²) in [6.45, 7) is 0.586. The number of nitrogens with one attached hydrogen (secondary N) is 1. The zero-order valence-corrected chi connectivity index (χ0v) is 14.4. The maximum Gasteiger partial charge on any atom is 0.322 e. The lowest BCUT2D eigenvalue weighted by molar-refractivity contribution is 0.177. The van der Waals surface area contributed by atoms with E-state index >= 15 is 0 Å². The summed E-state index contributed by atoms with van der Waals surface area (Å²) >= 11 is 0. The van der Waals surface area contributed by atoms with Crippen LogP contribution >= 0.6 is 0 Å². The largest absolute Gasteiger partial charge is 0.497 e. The number of nitrogens with zero attached hydrogens (tertiary/aromatic N) is 1. The van der Waals surface area contributed by atoms with Gasteiger partial charge in [-0.2, -0.15) is 0 Å². The monoisotopic (exact) mass is 340 g/mol. The van der Waals surface area contributed by atoms with Crippen molar-refractivity contribution in [2.45, 2.75) is 25.3 Å². The van der Waals surface area contributed by atoms with Gasteiger partial charge in [0.25, 0.3) is 0 Å². The molecule has 0 spiro atoms. The number of hydrogen-bond donors (Lipinski definition) is 2. The van der Waals surface area contributed by atoms with Crippen LogP contribution in [-0.4, -0.2) is 36.3 Å². The minimum Gasteiger partial charge on any atom is -0.497 e. The fraction of sp³-hybridized carbons (Fsp3) is 0.350. The van der Waals surface area contributed by atoms with Crippen LogP contribution in [0.25, 0.3) is 0 Å². The van der Waals surface area contributed by atoms with Gasteiger partial charge in [0, 0.05) is 24.9 Å². The molecule has 0 aliphatic heterocycles. The number of methoxy groups -OCH3 is 1. The quantitative estimate of drug-likeness (QED) is 0.844. The van der Waals surface area contributed by atoms with E-state index in [1.54, 1.807) is 13.2 Å². The highest BCUT2D eigenvalue weighted by atomic mass is 16.5. The molecule has 5 nitrogen and oxygen atoms in total. The Hall–Kier alpha value is -2.53. The fourth-order valence-electron chi connectivity index (χ4n) is 3.39. The van der Waals surface area contributed by atoms with Gasteiger partial charge in [-0.05, 0) is 42.5 Å². The zero-order valence-electron chi connectivity index (χ0n) is 14.4. The summed E-state index contributed by atoms with van der Waals surface area (Å²) in [5.74, 6) is 0.700. The Labute approximate surface area is 148 Å². The second kappa shape index (κ2) is 8.03. The van der Waals surface area contributed by atoms with Crippen LogP contribution < -0.4 is 10.1 Å². The Kier molecular flexibility index (Phi) is 5.56. The number of hydrogen-bond acceptors (Lipinski definition) is 3. The average Bonchev–Trinajstić information content (AvgIpc) is 3.06. The van der Waals surface area contributed by atoms with E-state index in [1.807, 2.05) is 35.2 Å². The number of urea groups is 1. The second-order valence-corrected chi connectivity index (χ2v) is 6.19. The number of aliphatic hydroxyl groups is 1. The van der Waals surface area contributed by atoms with Crippen LogP contribution in [0.2, 0.25) is 0 Å². The Balaban J connectivity index is 1.79. The first-order valence-corrected chi connectivity index (χ1v) is 8.63. The molecule has 1 atom stereocenters. The van der Waals surface area contributed by atoms with Gasteiger partial charge in [0.15, 0.2) is 0 Å². The van der Waals surface area contributed by atoms with Crippen molar-refractivity contribution in [2.75, 3.05) is 25.6 Å². The van der Waals surface area contributed by atoms with Crippen molar-refractivity contribution in [3.05, 3.63) is 59.7 Å². The summed E-state index contributed by atoms with van der Waals surface area (Å²) < 4.78 is 5.21. The van der Waals surface area contributed by atoms with Crippen molar-refractivity contribution < 1.29 is 14.6 Å². The molecule has 0 aromatic heterocycles. The van der Waals surface area contributed by atoms with E-state index in [9.17, 15) is 9.90 Å². The molecule has 2 aromatic rings. The third-order valence-electron chi connectivity index (χ3n) is 4.62. The molecular weight excluding hydrogens is 316 g/mol. The Morgan fingerprint density at radius 2 is 2.12 bits per heavy atom. The van der Waals surface area contributed by atoms with Crippen LogP contribution in [0.15, 0.2) is 48.5 Å². The third-order valence-corrected chi connectivity index (χ3v) is 4.62. The highest BCUT2D eigenvalue weighted by molar-refractivity contribution is 5.90. The lowest BCUT2D eigenvalue weighted by atomic mass is 10.1. The number of anilines is 1. The summed E-state index contributed by atoms with van der Waals surface area (Å²) in [4.78, 5) is 14.7. The molecular formula is C20H24N2O3. The lowest BCUT2D eigenvalue weighted by Gasteiger charge is -2.30. The van der Waals surface area contributed by atoms with E-state index < -0.39 is 0 Å². The predicted molar refractivity (Wildman–Crippen MR) is 97.9 cm³/mol. The summed E-state index contributed by atoms with van der Waals surface area (Å²) in [5.41, 5.74) is 3.21. The molecule has 3 rings (SSSR count). The molecule has 1 unspecified atom stereocenters. The summed E-state index contributed by atoms with van der Waals surface area (Å²) in [6.07, 6.45) is 2.45. The standard InChI is InChI=1S/C20H24N2O3/c1-25-17-8-4-7-16(14-17)21-20(24)22(12-5-13-23)19-11-10-15-6-2-3-9-18(15)19/h2-4,6-9,14,19,23H,5,10-13H2,1H3,(H,21,24). The molecule has 0 saturated heterocycles. The normalized spacial score (nSPS) is 15.5. The number of fused-ring (bicyclic) bond motifs is 1. The van der Waals surface area contributed by atoms with Crippen molar-refractivity contribution in [3.8, 4) is 5.75 Å². The van der Waals surface area contributed by atoms with E-state index in [1.165, 1.54) is 11.1 Å². The van der Waals surface area contributed by atoms with Gasteiger partial charge in [-0.15, -0.1) is 0 Å². The summed E-state index contributed by atoms with van der Waals surface area (Å²) in [6, 6.07) is 15.5. The molecule has 2 N–H and O–H groups in total. The van der Waals surface area contributed by atoms with Gasteiger partial charge in [-0.3, -0.25) is 0 Å². The van der Waals surface area contributed by atoms with Crippen molar-refractivity contribution in [2.24, 2.45) is 0 Å². The number of aliphatic hydroxyl groups excluding tert-OH is 1. The fourth-order valence-corrected chi connectivity index (χ4v) is 3.39. The Bertz CT molecular complexity index is 732. The third kappa shape index (κ3) is 3.94. The summed E-state index contributed by atoms with van der Waals surface area (Å²) in [7, 11) is 1.60. The van der Waals surface area contributed by atoms with E-state index in [0.717, 1.165) is 12.8 Å². The molecule has 132 valence electrons. The van der Waals surface area contributed by atoms with Crippen LogP contribution in [0.3, 0.4) is 0 Å². The molecule has 0 fully saturated rings. The SMILES string of the molecule is COc1cccc(NC(=O)N(CCCO)C2CCc3ccccc32)c1. The van der Waals surface area contributed by atoms with Crippen LogP contribution in [0.1, 0.15) is 30.0 Å². The maximum absolute atomic E-state index is 12.9. The van der Waals surface area contributed by atoms with E-state index in [4.69, 9.17) is 4.74 Å². The number of ether oxygens (including phenoxy) is 1. The predicted octanol–water partition coefficient (Wildman–Crippen LogP) is 3.60. The molecule has 0 saturated carbocycles. The number of benzene rings is 2. The number of rotatable bonds is 6. The smallest absolute Gasteiger partial charge is 0.322 e. The highest BCUT2D eigenvalue weighted by Gasteiger charge is 2.30.